The molecule has 0 aromatic heterocycles. The Hall–Kier alpha value is -1.10. The number of hydrogen-bond donors (Lipinski definition) is 1. The van der Waals surface area contributed by atoms with Gasteiger partial charge in [-0.05, 0) is 20.0 Å². The summed E-state index contributed by atoms with van der Waals surface area (Å²) in [7, 11) is 3.75. The second kappa shape index (κ2) is 8.08. The molecule has 18 heavy (non-hydrogen) atoms. The molecule has 0 aliphatic carbocycles. The van der Waals surface area contributed by atoms with Gasteiger partial charge in [0.1, 0.15) is 5.75 Å². The third-order valence-corrected chi connectivity index (χ3v) is 3.05. The quantitative estimate of drug-likeness (QED) is 0.715. The predicted octanol–water partition coefficient (Wildman–Crippen LogP) is 1.66. The molecule has 2 N–H and O–H groups in total. The summed E-state index contributed by atoms with van der Waals surface area (Å²) in [5, 5.41) is 0. The van der Waals surface area contributed by atoms with Gasteiger partial charge in [-0.25, -0.2) is 0 Å². The maximum absolute atomic E-state index is 5.90. The number of benzene rings is 1. The van der Waals surface area contributed by atoms with Crippen LogP contribution < -0.4 is 10.5 Å². The Morgan fingerprint density at radius 3 is 2.67 bits per heavy atom. The van der Waals surface area contributed by atoms with Crippen molar-refractivity contribution >= 4 is 0 Å². The first-order chi connectivity index (χ1) is 8.74. The maximum atomic E-state index is 5.90. The molecule has 0 saturated carbocycles. The average molecular weight is 252 g/mol. The van der Waals surface area contributed by atoms with E-state index in [2.05, 4.69) is 18.0 Å². The predicted molar refractivity (Wildman–Crippen MR) is 73.9 cm³/mol. The molecular weight excluding hydrogens is 228 g/mol. The minimum Gasteiger partial charge on any atom is -0.496 e. The lowest BCUT2D eigenvalue weighted by Gasteiger charge is -2.28. The summed E-state index contributed by atoms with van der Waals surface area (Å²) < 4.78 is 10.8. The summed E-state index contributed by atoms with van der Waals surface area (Å²) in [6.45, 7) is 4.88. The lowest BCUT2D eigenvalue weighted by molar-refractivity contribution is 0.108. The second-order valence-electron chi connectivity index (χ2n) is 4.17. The fourth-order valence-electron chi connectivity index (χ4n) is 1.99. The van der Waals surface area contributed by atoms with Crippen LogP contribution in [0, 0.1) is 0 Å². The molecule has 1 rings (SSSR count). The highest BCUT2D eigenvalue weighted by Crippen LogP contribution is 2.27. The van der Waals surface area contributed by atoms with E-state index in [1.54, 1.807) is 7.11 Å². The molecule has 0 spiro atoms. The van der Waals surface area contributed by atoms with E-state index in [-0.39, 0.29) is 6.04 Å². The van der Waals surface area contributed by atoms with E-state index in [1.165, 1.54) is 0 Å². The topological polar surface area (TPSA) is 47.7 Å². The standard InChI is InChI=1S/C14H24N2O2/c1-4-18-10-9-16(2)13(11-15)12-7-5-6-8-14(12)17-3/h5-8,13H,4,9-11,15H2,1-3H3. The van der Waals surface area contributed by atoms with Crippen molar-refractivity contribution in [2.24, 2.45) is 5.73 Å². The summed E-state index contributed by atoms with van der Waals surface area (Å²) in [5.74, 6) is 0.885. The fourth-order valence-corrected chi connectivity index (χ4v) is 1.99. The number of nitrogens with two attached hydrogens (primary N) is 1. The van der Waals surface area contributed by atoms with Gasteiger partial charge < -0.3 is 15.2 Å². The third-order valence-electron chi connectivity index (χ3n) is 3.05. The van der Waals surface area contributed by atoms with Crippen LogP contribution in [0.25, 0.3) is 0 Å². The minimum absolute atomic E-state index is 0.154. The van der Waals surface area contributed by atoms with E-state index in [9.17, 15) is 0 Å². The number of hydrogen-bond acceptors (Lipinski definition) is 4. The molecule has 0 bridgehead atoms. The molecule has 0 radical (unpaired) electrons. The molecule has 1 atom stereocenters. The number of nitrogens with zero attached hydrogens (tertiary/aromatic N) is 1. The highest BCUT2D eigenvalue weighted by atomic mass is 16.5. The summed E-state index contributed by atoms with van der Waals surface area (Å²) in [6, 6.07) is 8.16. The van der Waals surface area contributed by atoms with E-state index in [0.29, 0.717) is 6.54 Å². The SMILES string of the molecule is CCOCCN(C)C(CN)c1ccccc1OC. The lowest BCUT2D eigenvalue weighted by Crippen LogP contribution is -2.33. The van der Waals surface area contributed by atoms with Crippen LogP contribution in [-0.2, 0) is 4.74 Å². The van der Waals surface area contributed by atoms with Crippen LogP contribution in [0.5, 0.6) is 5.75 Å². The fraction of sp³-hybridized carbons (Fsp3) is 0.571. The Labute approximate surface area is 110 Å². The molecule has 1 aromatic carbocycles. The van der Waals surface area contributed by atoms with Crippen LogP contribution in [0.2, 0.25) is 0 Å². The zero-order chi connectivity index (χ0) is 13.4. The monoisotopic (exact) mass is 252 g/mol. The minimum atomic E-state index is 0.154. The molecule has 1 unspecified atom stereocenters. The van der Waals surface area contributed by atoms with Crippen LogP contribution >= 0.6 is 0 Å². The van der Waals surface area contributed by atoms with Crippen molar-refractivity contribution < 1.29 is 9.47 Å². The number of rotatable bonds is 8. The Morgan fingerprint density at radius 2 is 2.06 bits per heavy atom. The Balaban J connectivity index is 2.75. The second-order valence-corrected chi connectivity index (χ2v) is 4.17. The van der Waals surface area contributed by atoms with Crippen LogP contribution in [-0.4, -0.2) is 45.4 Å². The van der Waals surface area contributed by atoms with Crippen molar-refractivity contribution in [3.05, 3.63) is 29.8 Å². The van der Waals surface area contributed by atoms with Gasteiger partial charge in [0.05, 0.1) is 19.8 Å². The Morgan fingerprint density at radius 1 is 1.33 bits per heavy atom. The zero-order valence-electron chi connectivity index (χ0n) is 11.6. The number of likely N-dealkylation sites (N-methyl/N-ethyl adjacent to an activating group) is 1. The van der Waals surface area contributed by atoms with Gasteiger partial charge in [-0.15, -0.1) is 0 Å². The van der Waals surface area contributed by atoms with Gasteiger partial charge in [0, 0.05) is 25.3 Å². The van der Waals surface area contributed by atoms with Gasteiger partial charge in [-0.3, -0.25) is 4.90 Å². The highest BCUT2D eigenvalue weighted by Gasteiger charge is 2.18. The maximum Gasteiger partial charge on any atom is 0.123 e. The molecule has 0 heterocycles. The van der Waals surface area contributed by atoms with E-state index < -0.39 is 0 Å². The van der Waals surface area contributed by atoms with Crippen molar-refractivity contribution in [1.82, 2.24) is 4.90 Å². The number of methoxy groups -OCH3 is 1. The van der Waals surface area contributed by atoms with Crippen LogP contribution in [0.15, 0.2) is 24.3 Å². The Bertz CT molecular complexity index is 344. The van der Waals surface area contributed by atoms with E-state index in [1.807, 2.05) is 25.1 Å². The normalized spacial score (nSPS) is 12.7. The van der Waals surface area contributed by atoms with Crippen molar-refractivity contribution in [3.63, 3.8) is 0 Å². The van der Waals surface area contributed by atoms with Gasteiger partial charge in [0.15, 0.2) is 0 Å². The van der Waals surface area contributed by atoms with Crippen molar-refractivity contribution in [1.29, 1.82) is 0 Å². The molecule has 0 saturated heterocycles. The van der Waals surface area contributed by atoms with Crippen LogP contribution in [0.3, 0.4) is 0 Å². The van der Waals surface area contributed by atoms with Crippen molar-refractivity contribution in [3.8, 4) is 5.75 Å². The summed E-state index contributed by atoms with van der Waals surface area (Å²) in [5.41, 5.74) is 7.02. The van der Waals surface area contributed by atoms with Gasteiger partial charge in [0.2, 0.25) is 0 Å². The highest BCUT2D eigenvalue weighted by molar-refractivity contribution is 5.36. The smallest absolute Gasteiger partial charge is 0.123 e. The third kappa shape index (κ3) is 3.98. The molecule has 0 aliphatic heterocycles. The van der Waals surface area contributed by atoms with Gasteiger partial charge >= 0.3 is 0 Å². The molecule has 0 aliphatic rings. The average Bonchev–Trinajstić information content (AvgIpc) is 2.40. The van der Waals surface area contributed by atoms with Crippen LogP contribution in [0.4, 0.5) is 0 Å². The van der Waals surface area contributed by atoms with Gasteiger partial charge in [0.25, 0.3) is 0 Å². The first-order valence-electron chi connectivity index (χ1n) is 6.35. The molecule has 4 nitrogen and oxygen atoms in total. The summed E-state index contributed by atoms with van der Waals surface area (Å²) in [6.07, 6.45) is 0. The number of ether oxygens (including phenoxy) is 2. The van der Waals surface area contributed by atoms with Gasteiger partial charge in [-0.2, -0.15) is 0 Å². The molecule has 4 heteroatoms. The summed E-state index contributed by atoms with van der Waals surface area (Å²) in [4.78, 5) is 2.20. The summed E-state index contributed by atoms with van der Waals surface area (Å²) >= 11 is 0. The largest absolute Gasteiger partial charge is 0.496 e. The Kier molecular flexibility index (Phi) is 6.72. The van der Waals surface area contributed by atoms with Crippen LogP contribution in [0.1, 0.15) is 18.5 Å². The first kappa shape index (κ1) is 15.0. The van der Waals surface area contributed by atoms with Gasteiger partial charge in [-0.1, -0.05) is 18.2 Å². The van der Waals surface area contributed by atoms with E-state index in [0.717, 1.165) is 31.1 Å². The van der Waals surface area contributed by atoms with E-state index >= 15 is 0 Å². The molecule has 0 amide bonds. The lowest BCUT2D eigenvalue weighted by atomic mass is 10.0. The molecule has 102 valence electrons. The van der Waals surface area contributed by atoms with Crippen molar-refractivity contribution in [2.75, 3.05) is 40.5 Å². The van der Waals surface area contributed by atoms with Crippen molar-refractivity contribution in [2.45, 2.75) is 13.0 Å². The van der Waals surface area contributed by atoms with E-state index in [4.69, 9.17) is 15.2 Å². The zero-order valence-corrected chi connectivity index (χ0v) is 11.6. The first-order valence-corrected chi connectivity index (χ1v) is 6.35. The molecule has 0 fully saturated rings. The molecular formula is C14H24N2O2. The molecule has 1 aromatic rings. The number of para-hydroxylation sites is 1.